The van der Waals surface area contributed by atoms with Crippen LogP contribution in [0.5, 0.6) is 0 Å². The molecule has 0 spiro atoms. The van der Waals surface area contributed by atoms with Crippen LogP contribution in [0, 0.1) is 0 Å². The highest BCUT2D eigenvalue weighted by Gasteiger charge is 2.23. The Balaban J connectivity index is 1.64. The number of nitrogens with zero attached hydrogens (tertiary/aromatic N) is 2. The van der Waals surface area contributed by atoms with Crippen molar-refractivity contribution >= 4 is 17.3 Å². The first-order valence-electron chi connectivity index (χ1n) is 9.76. The van der Waals surface area contributed by atoms with Crippen LogP contribution >= 0.6 is 11.3 Å². The summed E-state index contributed by atoms with van der Waals surface area (Å²) in [7, 11) is 0. The van der Waals surface area contributed by atoms with Gasteiger partial charge >= 0.3 is 0 Å². The first-order chi connectivity index (χ1) is 13.7. The number of morpholine rings is 1. The molecule has 0 saturated carbocycles. The topological polar surface area (TPSA) is 62.0 Å². The van der Waals surface area contributed by atoms with E-state index in [-0.39, 0.29) is 6.04 Å². The van der Waals surface area contributed by atoms with Crippen LogP contribution in [-0.2, 0) is 11.2 Å². The normalized spacial score (nSPS) is 16.7. The molecule has 1 aliphatic heterocycles. The van der Waals surface area contributed by atoms with Crippen LogP contribution in [0.4, 0.5) is 0 Å². The number of thiophene rings is 1. The number of guanidine groups is 1. The van der Waals surface area contributed by atoms with E-state index in [1.54, 1.807) is 17.6 Å². The van der Waals surface area contributed by atoms with Gasteiger partial charge in [-0.15, -0.1) is 11.3 Å². The molecule has 1 saturated heterocycles. The first-order valence-corrected chi connectivity index (χ1v) is 10.6. The van der Waals surface area contributed by atoms with Crippen molar-refractivity contribution in [1.82, 2.24) is 15.5 Å². The molecule has 1 aliphatic rings. The quantitative estimate of drug-likeness (QED) is 0.383. The summed E-state index contributed by atoms with van der Waals surface area (Å²) in [5.74, 6) is 1.78. The van der Waals surface area contributed by atoms with Crippen LogP contribution in [0.3, 0.4) is 0 Å². The van der Waals surface area contributed by atoms with Crippen LogP contribution < -0.4 is 10.6 Å². The van der Waals surface area contributed by atoms with E-state index in [4.69, 9.17) is 14.1 Å². The summed E-state index contributed by atoms with van der Waals surface area (Å²) in [6.45, 7) is 11.6. The SMILES string of the molecule is C=C(C)CNC(=NCC(c1cccs1)N1CCOCC1)NCCc1ccco1. The molecule has 0 aromatic carbocycles. The van der Waals surface area contributed by atoms with Crippen LogP contribution in [0.1, 0.15) is 23.6 Å². The fraction of sp³-hybridized carbons (Fsp3) is 0.476. The van der Waals surface area contributed by atoms with E-state index in [9.17, 15) is 0 Å². The van der Waals surface area contributed by atoms with E-state index in [1.807, 2.05) is 19.1 Å². The number of nitrogens with one attached hydrogen (secondary N) is 2. The highest BCUT2D eigenvalue weighted by atomic mass is 32.1. The third-order valence-electron chi connectivity index (χ3n) is 4.58. The summed E-state index contributed by atoms with van der Waals surface area (Å²) in [6.07, 6.45) is 2.52. The maximum Gasteiger partial charge on any atom is 0.191 e. The number of rotatable bonds is 9. The van der Waals surface area contributed by atoms with E-state index >= 15 is 0 Å². The van der Waals surface area contributed by atoms with Gasteiger partial charge in [0, 0.05) is 37.5 Å². The van der Waals surface area contributed by atoms with E-state index in [0.29, 0.717) is 13.1 Å². The maximum absolute atomic E-state index is 5.53. The predicted molar refractivity (Wildman–Crippen MR) is 115 cm³/mol. The van der Waals surface area contributed by atoms with Gasteiger partial charge in [-0.2, -0.15) is 0 Å². The lowest BCUT2D eigenvalue weighted by Crippen LogP contribution is -2.42. The van der Waals surface area contributed by atoms with Crippen molar-refractivity contribution in [1.29, 1.82) is 0 Å². The summed E-state index contributed by atoms with van der Waals surface area (Å²) < 4.78 is 10.9. The fourth-order valence-corrected chi connectivity index (χ4v) is 3.95. The highest BCUT2D eigenvalue weighted by Crippen LogP contribution is 2.26. The van der Waals surface area contributed by atoms with Crippen molar-refractivity contribution in [2.75, 3.05) is 45.9 Å². The van der Waals surface area contributed by atoms with Gasteiger partial charge in [0.1, 0.15) is 5.76 Å². The Labute approximate surface area is 171 Å². The van der Waals surface area contributed by atoms with Crippen molar-refractivity contribution in [2.45, 2.75) is 19.4 Å². The summed E-state index contributed by atoms with van der Waals surface area (Å²) >= 11 is 1.79. The smallest absolute Gasteiger partial charge is 0.191 e. The summed E-state index contributed by atoms with van der Waals surface area (Å²) in [5.41, 5.74) is 1.07. The summed E-state index contributed by atoms with van der Waals surface area (Å²) in [4.78, 5) is 8.71. The van der Waals surface area contributed by atoms with Gasteiger partial charge in [-0.05, 0) is 30.5 Å². The van der Waals surface area contributed by atoms with Crippen molar-refractivity contribution in [3.8, 4) is 0 Å². The molecule has 2 aromatic heterocycles. The number of hydrogen-bond acceptors (Lipinski definition) is 5. The van der Waals surface area contributed by atoms with E-state index < -0.39 is 0 Å². The number of furan rings is 1. The fourth-order valence-electron chi connectivity index (χ4n) is 3.10. The summed E-state index contributed by atoms with van der Waals surface area (Å²) in [6, 6.07) is 8.49. The average molecular weight is 403 g/mol. The molecule has 1 fully saturated rings. The minimum atomic E-state index is 0.275. The Morgan fingerprint density at radius 2 is 2.14 bits per heavy atom. The zero-order chi connectivity index (χ0) is 19.6. The Morgan fingerprint density at radius 3 is 2.82 bits per heavy atom. The van der Waals surface area contributed by atoms with Crippen molar-refractivity contribution in [3.05, 3.63) is 58.7 Å². The molecule has 1 unspecified atom stereocenters. The highest BCUT2D eigenvalue weighted by molar-refractivity contribution is 7.10. The molecule has 3 heterocycles. The van der Waals surface area contributed by atoms with Gasteiger partial charge in [0.2, 0.25) is 0 Å². The van der Waals surface area contributed by atoms with E-state index in [0.717, 1.165) is 56.6 Å². The molecule has 1 atom stereocenters. The number of aliphatic imine (C=N–C) groups is 1. The molecule has 7 heteroatoms. The van der Waals surface area contributed by atoms with Gasteiger partial charge in [-0.1, -0.05) is 18.2 Å². The van der Waals surface area contributed by atoms with E-state index in [2.05, 4.69) is 39.6 Å². The maximum atomic E-state index is 5.53. The van der Waals surface area contributed by atoms with Crippen LogP contribution in [0.15, 0.2) is 57.5 Å². The Hall–Kier alpha value is -2.09. The average Bonchev–Trinajstić information content (AvgIpc) is 3.41. The standard InChI is InChI=1S/C21H30N4O2S/c1-17(2)15-23-21(22-8-7-18-5-3-11-27-18)24-16-19(20-6-4-14-28-20)25-9-12-26-13-10-25/h3-6,11,14,19H,1,7-10,12-13,15-16H2,2H3,(H2,22,23,24). The molecule has 0 bridgehead atoms. The monoisotopic (exact) mass is 402 g/mol. The second kappa shape index (κ2) is 11.0. The van der Waals surface area contributed by atoms with Gasteiger partial charge in [0.05, 0.1) is 32.1 Å². The van der Waals surface area contributed by atoms with Crippen LogP contribution in [-0.4, -0.2) is 56.8 Å². The molecular formula is C21H30N4O2S. The first kappa shape index (κ1) is 20.6. The Bertz CT molecular complexity index is 722. The third kappa shape index (κ3) is 6.51. The molecular weight excluding hydrogens is 372 g/mol. The molecule has 2 N–H and O–H groups in total. The molecule has 6 nitrogen and oxygen atoms in total. The Kier molecular flexibility index (Phi) is 8.14. The number of hydrogen-bond donors (Lipinski definition) is 2. The van der Waals surface area contributed by atoms with Crippen molar-refractivity contribution < 1.29 is 9.15 Å². The van der Waals surface area contributed by atoms with Gasteiger partial charge < -0.3 is 19.8 Å². The van der Waals surface area contributed by atoms with E-state index in [1.165, 1.54) is 4.88 Å². The van der Waals surface area contributed by atoms with Crippen molar-refractivity contribution in [2.24, 2.45) is 4.99 Å². The lowest BCUT2D eigenvalue weighted by molar-refractivity contribution is 0.0186. The van der Waals surface area contributed by atoms with Gasteiger partial charge in [-0.25, -0.2) is 0 Å². The Morgan fingerprint density at radius 1 is 1.29 bits per heavy atom. The molecule has 0 amide bonds. The van der Waals surface area contributed by atoms with Crippen LogP contribution in [0.2, 0.25) is 0 Å². The zero-order valence-corrected chi connectivity index (χ0v) is 17.3. The molecule has 152 valence electrons. The third-order valence-corrected chi connectivity index (χ3v) is 5.56. The molecule has 2 aromatic rings. The second-order valence-electron chi connectivity index (χ2n) is 6.94. The zero-order valence-electron chi connectivity index (χ0n) is 16.5. The molecule has 28 heavy (non-hydrogen) atoms. The second-order valence-corrected chi connectivity index (χ2v) is 7.91. The molecule has 3 rings (SSSR count). The molecule has 0 aliphatic carbocycles. The lowest BCUT2D eigenvalue weighted by atomic mass is 10.2. The predicted octanol–water partition coefficient (Wildman–Crippen LogP) is 3.07. The van der Waals surface area contributed by atoms with Gasteiger partial charge in [0.25, 0.3) is 0 Å². The van der Waals surface area contributed by atoms with Gasteiger partial charge in [0.15, 0.2) is 5.96 Å². The lowest BCUT2D eigenvalue weighted by Gasteiger charge is -2.33. The minimum absolute atomic E-state index is 0.275. The van der Waals surface area contributed by atoms with Crippen LogP contribution in [0.25, 0.3) is 0 Å². The van der Waals surface area contributed by atoms with Gasteiger partial charge in [-0.3, -0.25) is 9.89 Å². The minimum Gasteiger partial charge on any atom is -0.469 e. The largest absolute Gasteiger partial charge is 0.469 e. The summed E-state index contributed by atoms with van der Waals surface area (Å²) in [5, 5.41) is 8.92. The molecule has 0 radical (unpaired) electrons. The van der Waals surface area contributed by atoms with Crippen molar-refractivity contribution in [3.63, 3.8) is 0 Å². The number of ether oxygens (including phenoxy) is 1.